The van der Waals surface area contributed by atoms with Crippen molar-refractivity contribution in [1.82, 2.24) is 9.78 Å². The first-order valence-electron chi connectivity index (χ1n) is 8.43. The number of carbonyl (C=O) groups is 1. The molecule has 2 rings (SSSR count). The summed E-state index contributed by atoms with van der Waals surface area (Å²) >= 11 is 0. The molecule has 0 aliphatic rings. The summed E-state index contributed by atoms with van der Waals surface area (Å²) in [6.07, 6.45) is 1.09. The Morgan fingerprint density at radius 1 is 1.29 bits per heavy atom. The summed E-state index contributed by atoms with van der Waals surface area (Å²) in [6.45, 7) is 8.88. The minimum Gasteiger partial charge on any atom is -0.328 e. The van der Waals surface area contributed by atoms with Crippen molar-refractivity contribution in [3.8, 4) is 0 Å². The predicted octanol–water partition coefficient (Wildman–Crippen LogP) is 3.29. The van der Waals surface area contributed by atoms with E-state index < -0.39 is 0 Å². The Morgan fingerprint density at radius 3 is 2.54 bits per heavy atom. The van der Waals surface area contributed by atoms with Crippen LogP contribution in [0.4, 0.5) is 5.82 Å². The lowest BCUT2D eigenvalue weighted by molar-refractivity contribution is -0.116. The fraction of sp³-hybridized carbons (Fsp3) is 0.474. The van der Waals surface area contributed by atoms with E-state index in [1.807, 2.05) is 35.9 Å². The van der Waals surface area contributed by atoms with Crippen molar-refractivity contribution in [3.05, 3.63) is 47.7 Å². The molecule has 0 aliphatic heterocycles. The van der Waals surface area contributed by atoms with Crippen LogP contribution in [0.25, 0.3) is 0 Å². The van der Waals surface area contributed by atoms with Gasteiger partial charge in [-0.3, -0.25) is 4.79 Å². The zero-order valence-corrected chi connectivity index (χ0v) is 15.0. The standard InChI is InChI=1S/C19H28N4O/c1-14(20)10-11-18(24)21-17-12-16(19(2,3)4)22-23(17)13-15-8-6-5-7-9-15/h5-9,12,14H,10-11,13,20H2,1-4H3,(H,21,24). The van der Waals surface area contributed by atoms with Crippen LogP contribution >= 0.6 is 0 Å². The third-order valence-corrected chi connectivity index (χ3v) is 3.82. The summed E-state index contributed by atoms with van der Waals surface area (Å²) in [4.78, 5) is 12.2. The van der Waals surface area contributed by atoms with E-state index >= 15 is 0 Å². The Labute approximate surface area is 144 Å². The molecule has 1 amide bonds. The number of nitrogens with zero attached hydrogens (tertiary/aromatic N) is 2. The number of nitrogens with one attached hydrogen (secondary N) is 1. The summed E-state index contributed by atoms with van der Waals surface area (Å²) in [5.41, 5.74) is 7.76. The van der Waals surface area contributed by atoms with Crippen molar-refractivity contribution in [3.63, 3.8) is 0 Å². The van der Waals surface area contributed by atoms with E-state index in [9.17, 15) is 4.79 Å². The van der Waals surface area contributed by atoms with Gasteiger partial charge in [0.25, 0.3) is 0 Å². The Balaban J connectivity index is 2.21. The second-order valence-corrected chi connectivity index (χ2v) is 7.37. The van der Waals surface area contributed by atoms with Crippen LogP contribution in [0, 0.1) is 0 Å². The van der Waals surface area contributed by atoms with Crippen LogP contribution in [0.5, 0.6) is 0 Å². The Bertz CT molecular complexity index is 668. The number of hydrogen-bond donors (Lipinski definition) is 2. The first-order chi connectivity index (χ1) is 11.3. The molecule has 0 fully saturated rings. The lowest BCUT2D eigenvalue weighted by Gasteiger charge is -2.14. The molecular formula is C19H28N4O. The maximum atomic E-state index is 12.2. The third kappa shape index (κ3) is 5.20. The summed E-state index contributed by atoms with van der Waals surface area (Å²) in [6, 6.07) is 12.1. The molecule has 1 aromatic heterocycles. The highest BCUT2D eigenvalue weighted by Crippen LogP contribution is 2.24. The van der Waals surface area contributed by atoms with Crippen molar-refractivity contribution in [2.45, 2.75) is 58.5 Å². The average molecular weight is 328 g/mol. The van der Waals surface area contributed by atoms with E-state index in [1.54, 1.807) is 0 Å². The molecule has 130 valence electrons. The van der Waals surface area contributed by atoms with Gasteiger partial charge in [0, 0.05) is 23.9 Å². The number of aromatic nitrogens is 2. The molecule has 3 N–H and O–H groups in total. The smallest absolute Gasteiger partial charge is 0.225 e. The zero-order valence-electron chi connectivity index (χ0n) is 15.0. The molecule has 24 heavy (non-hydrogen) atoms. The van der Waals surface area contributed by atoms with Gasteiger partial charge in [-0.2, -0.15) is 5.10 Å². The molecule has 2 aromatic rings. The van der Waals surface area contributed by atoms with Crippen LogP contribution in [0.15, 0.2) is 36.4 Å². The zero-order chi connectivity index (χ0) is 17.7. The fourth-order valence-corrected chi connectivity index (χ4v) is 2.32. The Hall–Kier alpha value is -2.14. The average Bonchev–Trinajstić information content (AvgIpc) is 2.89. The van der Waals surface area contributed by atoms with Crippen LogP contribution in [0.3, 0.4) is 0 Å². The van der Waals surface area contributed by atoms with Gasteiger partial charge in [-0.1, -0.05) is 51.1 Å². The topological polar surface area (TPSA) is 72.9 Å². The number of carbonyl (C=O) groups excluding carboxylic acids is 1. The molecule has 1 unspecified atom stereocenters. The summed E-state index contributed by atoms with van der Waals surface area (Å²) in [5, 5.41) is 7.69. The van der Waals surface area contributed by atoms with Crippen molar-refractivity contribution >= 4 is 11.7 Å². The number of amides is 1. The molecule has 0 bridgehead atoms. The van der Waals surface area contributed by atoms with Gasteiger partial charge in [-0.15, -0.1) is 0 Å². The van der Waals surface area contributed by atoms with E-state index in [-0.39, 0.29) is 17.4 Å². The highest BCUT2D eigenvalue weighted by molar-refractivity contribution is 5.89. The highest BCUT2D eigenvalue weighted by Gasteiger charge is 2.21. The molecule has 1 atom stereocenters. The molecule has 5 nitrogen and oxygen atoms in total. The molecule has 0 spiro atoms. The minimum atomic E-state index is -0.0762. The summed E-state index contributed by atoms with van der Waals surface area (Å²) in [5.74, 6) is 0.709. The van der Waals surface area contributed by atoms with Gasteiger partial charge in [-0.05, 0) is 18.9 Å². The number of rotatable bonds is 6. The number of nitrogens with two attached hydrogens (primary N) is 1. The van der Waals surface area contributed by atoms with Gasteiger partial charge in [0.1, 0.15) is 5.82 Å². The van der Waals surface area contributed by atoms with Crippen molar-refractivity contribution < 1.29 is 4.79 Å². The monoisotopic (exact) mass is 328 g/mol. The number of anilines is 1. The molecule has 0 saturated heterocycles. The molecule has 0 saturated carbocycles. The molecule has 1 heterocycles. The predicted molar refractivity (Wildman–Crippen MR) is 98.0 cm³/mol. The fourth-order valence-electron chi connectivity index (χ4n) is 2.32. The summed E-state index contributed by atoms with van der Waals surface area (Å²) in [7, 11) is 0. The minimum absolute atomic E-state index is 0.0233. The number of benzene rings is 1. The molecule has 5 heteroatoms. The van der Waals surface area contributed by atoms with Crippen molar-refractivity contribution in [2.24, 2.45) is 5.73 Å². The van der Waals surface area contributed by atoms with Gasteiger partial charge in [0.2, 0.25) is 5.91 Å². The molecule has 1 aromatic carbocycles. The first-order valence-corrected chi connectivity index (χ1v) is 8.43. The third-order valence-electron chi connectivity index (χ3n) is 3.82. The van der Waals surface area contributed by atoms with Crippen molar-refractivity contribution in [1.29, 1.82) is 0 Å². The number of hydrogen-bond acceptors (Lipinski definition) is 3. The van der Waals surface area contributed by atoms with Crippen molar-refractivity contribution in [2.75, 3.05) is 5.32 Å². The quantitative estimate of drug-likeness (QED) is 0.854. The maximum Gasteiger partial charge on any atom is 0.225 e. The largest absolute Gasteiger partial charge is 0.328 e. The van der Waals surface area contributed by atoms with Gasteiger partial charge in [-0.25, -0.2) is 4.68 Å². The van der Waals surface area contributed by atoms with E-state index in [4.69, 9.17) is 10.8 Å². The van der Waals surface area contributed by atoms with Gasteiger partial charge < -0.3 is 11.1 Å². The molecular weight excluding hydrogens is 300 g/mol. The van der Waals surface area contributed by atoms with E-state index in [0.717, 1.165) is 17.1 Å². The Morgan fingerprint density at radius 2 is 1.96 bits per heavy atom. The van der Waals surface area contributed by atoms with E-state index in [0.29, 0.717) is 19.4 Å². The van der Waals surface area contributed by atoms with E-state index in [2.05, 4.69) is 38.2 Å². The lowest BCUT2D eigenvalue weighted by atomic mass is 9.92. The van der Waals surface area contributed by atoms with Crippen LogP contribution in [-0.2, 0) is 16.8 Å². The highest BCUT2D eigenvalue weighted by atomic mass is 16.1. The molecule has 0 radical (unpaired) electrons. The lowest BCUT2D eigenvalue weighted by Crippen LogP contribution is -2.20. The van der Waals surface area contributed by atoms with Crippen LogP contribution < -0.4 is 11.1 Å². The Kier molecular flexibility index (Phi) is 5.78. The summed E-state index contributed by atoms with van der Waals surface area (Å²) < 4.78 is 1.86. The first kappa shape index (κ1) is 18.2. The normalized spacial score (nSPS) is 12.9. The van der Waals surface area contributed by atoms with E-state index in [1.165, 1.54) is 0 Å². The SMILES string of the molecule is CC(N)CCC(=O)Nc1cc(C(C)(C)C)nn1Cc1ccccc1. The molecule has 0 aliphatic carbocycles. The van der Waals surface area contributed by atoms with Crippen LogP contribution in [0.2, 0.25) is 0 Å². The van der Waals surface area contributed by atoms with Gasteiger partial charge in [0.15, 0.2) is 0 Å². The van der Waals surface area contributed by atoms with Gasteiger partial charge in [0.05, 0.1) is 12.2 Å². The van der Waals surface area contributed by atoms with Crippen LogP contribution in [0.1, 0.15) is 51.8 Å². The maximum absolute atomic E-state index is 12.2. The second kappa shape index (κ2) is 7.62. The van der Waals surface area contributed by atoms with Gasteiger partial charge >= 0.3 is 0 Å². The van der Waals surface area contributed by atoms with Crippen LogP contribution in [-0.4, -0.2) is 21.7 Å². The second-order valence-electron chi connectivity index (χ2n) is 7.37.